The quantitative estimate of drug-likeness (QED) is 0.778. The van der Waals surface area contributed by atoms with Crippen molar-refractivity contribution in [1.82, 2.24) is 5.16 Å². The van der Waals surface area contributed by atoms with Crippen molar-refractivity contribution in [2.75, 3.05) is 36.6 Å². The van der Waals surface area contributed by atoms with Crippen molar-refractivity contribution in [3.05, 3.63) is 29.8 Å². The van der Waals surface area contributed by atoms with Crippen LogP contribution in [0.2, 0.25) is 0 Å². The van der Waals surface area contributed by atoms with Gasteiger partial charge < -0.3 is 23.6 Å². The van der Waals surface area contributed by atoms with Crippen molar-refractivity contribution in [2.45, 2.75) is 31.4 Å². The molecule has 8 nitrogen and oxygen atoms in total. The summed E-state index contributed by atoms with van der Waals surface area (Å²) in [5, 5.41) is 3.69. The summed E-state index contributed by atoms with van der Waals surface area (Å²) < 4.78 is 36.4. The highest BCUT2D eigenvalue weighted by Crippen LogP contribution is 2.48. The molecule has 9 heteroatoms. The number of hydrogen-bond donors (Lipinski definition) is 0. The minimum absolute atomic E-state index is 0.136. The number of amides is 1. The molecule has 1 aromatic heterocycles. The molecule has 4 heterocycles. The SMILES string of the molecule is COc1c2c(cc(F)c1N1CCCC1)N1C(=O)O[C@@H](COc3ccon3)[C@@H]1C2. The van der Waals surface area contributed by atoms with Crippen LogP contribution in [0.1, 0.15) is 18.4 Å². The van der Waals surface area contributed by atoms with Gasteiger partial charge in [0, 0.05) is 37.2 Å². The van der Waals surface area contributed by atoms with Crippen molar-refractivity contribution in [1.29, 1.82) is 0 Å². The summed E-state index contributed by atoms with van der Waals surface area (Å²) in [5.41, 5.74) is 1.83. The van der Waals surface area contributed by atoms with Crippen LogP contribution in [-0.4, -0.2) is 50.2 Å². The molecule has 1 aromatic carbocycles. The van der Waals surface area contributed by atoms with E-state index in [4.69, 9.17) is 18.7 Å². The van der Waals surface area contributed by atoms with E-state index in [1.165, 1.54) is 17.2 Å². The number of nitrogens with zero attached hydrogens (tertiary/aromatic N) is 3. The first-order valence-electron chi connectivity index (χ1n) is 9.34. The second-order valence-electron chi connectivity index (χ2n) is 7.14. The van der Waals surface area contributed by atoms with Crippen LogP contribution in [0, 0.1) is 5.82 Å². The van der Waals surface area contributed by atoms with Crippen LogP contribution in [0.15, 0.2) is 22.9 Å². The Labute approximate surface area is 160 Å². The molecule has 0 aliphatic carbocycles. The lowest BCUT2D eigenvalue weighted by Crippen LogP contribution is -2.36. The van der Waals surface area contributed by atoms with Gasteiger partial charge in [-0.3, -0.25) is 4.90 Å². The third kappa shape index (κ3) is 2.56. The number of methoxy groups -OCH3 is 1. The van der Waals surface area contributed by atoms with Gasteiger partial charge in [0.2, 0.25) is 0 Å². The van der Waals surface area contributed by atoms with Gasteiger partial charge in [-0.25, -0.2) is 9.18 Å². The molecule has 0 bridgehead atoms. The average molecular weight is 389 g/mol. The molecular formula is C19H20FN3O5. The number of cyclic esters (lactones) is 1. The number of ether oxygens (including phenoxy) is 3. The lowest BCUT2D eigenvalue weighted by atomic mass is 10.0. The van der Waals surface area contributed by atoms with E-state index in [1.807, 2.05) is 4.90 Å². The Morgan fingerprint density at radius 3 is 2.89 bits per heavy atom. The lowest BCUT2D eigenvalue weighted by molar-refractivity contribution is 0.0886. The number of halogens is 1. The summed E-state index contributed by atoms with van der Waals surface area (Å²) in [6.45, 7) is 1.74. The fourth-order valence-corrected chi connectivity index (χ4v) is 4.37. The fraction of sp³-hybridized carbons (Fsp3) is 0.474. The molecule has 3 aliphatic rings. The molecule has 0 unspecified atom stereocenters. The van der Waals surface area contributed by atoms with E-state index >= 15 is 4.39 Å². The number of rotatable bonds is 5. The molecular weight excluding hydrogens is 369 g/mol. The van der Waals surface area contributed by atoms with Crippen LogP contribution in [0.5, 0.6) is 11.6 Å². The number of hydrogen-bond acceptors (Lipinski definition) is 7. The molecule has 2 fully saturated rings. The Balaban J connectivity index is 1.46. The molecule has 0 spiro atoms. The van der Waals surface area contributed by atoms with Gasteiger partial charge >= 0.3 is 6.09 Å². The van der Waals surface area contributed by atoms with Crippen molar-refractivity contribution in [3.63, 3.8) is 0 Å². The van der Waals surface area contributed by atoms with Crippen molar-refractivity contribution in [2.24, 2.45) is 0 Å². The molecule has 3 aliphatic heterocycles. The van der Waals surface area contributed by atoms with E-state index in [-0.39, 0.29) is 18.5 Å². The van der Waals surface area contributed by atoms with Gasteiger partial charge in [-0.1, -0.05) is 0 Å². The Kier molecular flexibility index (Phi) is 4.03. The number of fused-ring (bicyclic) bond motifs is 3. The van der Waals surface area contributed by atoms with Crippen molar-refractivity contribution in [3.8, 4) is 11.6 Å². The van der Waals surface area contributed by atoms with Gasteiger partial charge in [0.1, 0.15) is 18.6 Å². The van der Waals surface area contributed by atoms with Gasteiger partial charge in [0.15, 0.2) is 17.7 Å². The van der Waals surface area contributed by atoms with Crippen molar-refractivity contribution < 1.29 is 27.9 Å². The van der Waals surface area contributed by atoms with Crippen LogP contribution in [-0.2, 0) is 11.2 Å². The largest absolute Gasteiger partial charge is 0.494 e. The molecule has 5 rings (SSSR count). The standard InChI is InChI=1S/C19H20FN3O5/c1-25-18-11-8-14-15(10-26-16-4-7-27-21-16)28-19(24)23(14)13(11)9-12(20)17(18)22-5-2-3-6-22/h4,7,9,14-15H,2-3,5-6,8,10H2,1H3/t14-,15-/m0/s1. The first-order chi connectivity index (χ1) is 13.7. The highest BCUT2D eigenvalue weighted by atomic mass is 19.1. The number of carbonyl (C=O) groups is 1. The molecule has 2 saturated heterocycles. The minimum Gasteiger partial charge on any atom is -0.494 e. The predicted molar refractivity (Wildman–Crippen MR) is 96.6 cm³/mol. The minimum atomic E-state index is -0.507. The maximum atomic E-state index is 15.0. The summed E-state index contributed by atoms with van der Waals surface area (Å²) in [6.07, 6.45) is 2.97. The molecule has 2 aromatic rings. The summed E-state index contributed by atoms with van der Waals surface area (Å²) in [5.74, 6) is 0.452. The van der Waals surface area contributed by atoms with Crippen LogP contribution in [0.3, 0.4) is 0 Å². The van der Waals surface area contributed by atoms with Crippen molar-refractivity contribution >= 4 is 17.5 Å². The normalized spacial score (nSPS) is 23.0. The number of benzene rings is 1. The lowest BCUT2D eigenvalue weighted by Gasteiger charge is -2.24. The van der Waals surface area contributed by atoms with E-state index in [1.54, 1.807) is 13.2 Å². The molecule has 0 saturated carbocycles. The van der Waals surface area contributed by atoms with E-state index < -0.39 is 12.2 Å². The summed E-state index contributed by atoms with van der Waals surface area (Å²) >= 11 is 0. The third-order valence-corrected chi connectivity index (χ3v) is 5.61. The van der Waals surface area contributed by atoms with Gasteiger partial charge in [0.05, 0.1) is 18.8 Å². The predicted octanol–water partition coefficient (Wildman–Crippen LogP) is 2.75. The van der Waals surface area contributed by atoms with E-state index in [0.717, 1.165) is 31.5 Å². The molecule has 28 heavy (non-hydrogen) atoms. The second-order valence-corrected chi connectivity index (χ2v) is 7.14. The van der Waals surface area contributed by atoms with Crippen LogP contribution < -0.4 is 19.3 Å². The fourth-order valence-electron chi connectivity index (χ4n) is 4.37. The zero-order valence-corrected chi connectivity index (χ0v) is 15.4. The van der Waals surface area contributed by atoms with E-state index in [0.29, 0.717) is 29.4 Å². The van der Waals surface area contributed by atoms with Crippen LogP contribution in [0.25, 0.3) is 0 Å². The smallest absolute Gasteiger partial charge is 0.415 e. The highest BCUT2D eigenvalue weighted by Gasteiger charge is 2.50. The first kappa shape index (κ1) is 17.2. The summed E-state index contributed by atoms with van der Waals surface area (Å²) in [6, 6.07) is 2.73. The van der Waals surface area contributed by atoms with Gasteiger partial charge in [-0.2, -0.15) is 0 Å². The van der Waals surface area contributed by atoms with Crippen LogP contribution >= 0.6 is 0 Å². The Hall–Kier alpha value is -2.97. The monoisotopic (exact) mass is 389 g/mol. The number of aromatic nitrogens is 1. The molecule has 0 N–H and O–H groups in total. The topological polar surface area (TPSA) is 77.3 Å². The van der Waals surface area contributed by atoms with E-state index in [9.17, 15) is 4.79 Å². The van der Waals surface area contributed by atoms with Gasteiger partial charge in [0.25, 0.3) is 5.88 Å². The number of anilines is 2. The molecule has 1 amide bonds. The maximum absolute atomic E-state index is 15.0. The molecule has 148 valence electrons. The average Bonchev–Trinajstić information content (AvgIpc) is 3.46. The number of carbonyl (C=O) groups excluding carboxylic acids is 1. The maximum Gasteiger partial charge on any atom is 0.415 e. The summed E-state index contributed by atoms with van der Waals surface area (Å²) in [7, 11) is 1.54. The zero-order valence-electron chi connectivity index (χ0n) is 15.4. The van der Waals surface area contributed by atoms with Crippen LogP contribution in [0.4, 0.5) is 20.6 Å². The Morgan fingerprint density at radius 1 is 1.36 bits per heavy atom. The Morgan fingerprint density at radius 2 is 2.18 bits per heavy atom. The summed E-state index contributed by atoms with van der Waals surface area (Å²) in [4.78, 5) is 16.0. The molecule has 2 atom stereocenters. The Bertz CT molecular complexity index is 897. The first-order valence-corrected chi connectivity index (χ1v) is 9.34. The second kappa shape index (κ2) is 6.57. The van der Waals surface area contributed by atoms with Gasteiger partial charge in [-0.05, 0) is 18.0 Å². The molecule has 0 radical (unpaired) electrons. The van der Waals surface area contributed by atoms with E-state index in [2.05, 4.69) is 5.16 Å². The van der Waals surface area contributed by atoms with Gasteiger partial charge in [-0.15, -0.1) is 0 Å². The highest BCUT2D eigenvalue weighted by molar-refractivity contribution is 5.95. The third-order valence-electron chi connectivity index (χ3n) is 5.61. The zero-order chi connectivity index (χ0) is 19.3.